The van der Waals surface area contributed by atoms with Crippen LogP contribution in [0.5, 0.6) is 5.75 Å². The molecule has 10 heteroatoms. The van der Waals surface area contributed by atoms with E-state index in [2.05, 4.69) is 15.8 Å². The van der Waals surface area contributed by atoms with Gasteiger partial charge in [-0.15, -0.1) is 11.3 Å². The minimum atomic E-state index is -3.76. The van der Waals surface area contributed by atoms with Crippen LogP contribution in [0.2, 0.25) is 0 Å². The number of nitriles is 1. The van der Waals surface area contributed by atoms with Gasteiger partial charge in [-0.1, -0.05) is 6.07 Å². The van der Waals surface area contributed by atoms with Gasteiger partial charge in [-0.3, -0.25) is 9.52 Å². The first kappa shape index (κ1) is 22.8. The Labute approximate surface area is 196 Å². The number of benzene rings is 2. The maximum absolute atomic E-state index is 13.0. The van der Waals surface area contributed by atoms with E-state index in [4.69, 9.17) is 10.00 Å². The molecular formula is C23H22N4O4S2. The number of ether oxygens (including phenoxy) is 1. The van der Waals surface area contributed by atoms with E-state index in [0.717, 1.165) is 12.8 Å². The number of hydrogen-bond donors (Lipinski definition) is 1. The predicted molar refractivity (Wildman–Crippen MR) is 125 cm³/mol. The number of aromatic nitrogens is 1. The highest BCUT2D eigenvalue weighted by molar-refractivity contribution is 7.93. The van der Waals surface area contributed by atoms with Gasteiger partial charge in [0.2, 0.25) is 0 Å². The quantitative estimate of drug-likeness (QED) is 0.549. The van der Waals surface area contributed by atoms with Crippen molar-refractivity contribution in [3.8, 4) is 11.8 Å². The van der Waals surface area contributed by atoms with Gasteiger partial charge in [0.05, 0.1) is 23.1 Å². The molecule has 3 aromatic rings. The van der Waals surface area contributed by atoms with Crippen molar-refractivity contribution in [1.29, 1.82) is 5.26 Å². The Balaban J connectivity index is 1.36. The van der Waals surface area contributed by atoms with Crippen molar-refractivity contribution in [2.24, 2.45) is 5.92 Å². The average molecular weight is 483 g/mol. The molecule has 170 valence electrons. The molecule has 8 nitrogen and oxygen atoms in total. The molecule has 0 spiro atoms. The van der Waals surface area contributed by atoms with Crippen molar-refractivity contribution in [2.45, 2.75) is 17.7 Å². The molecule has 2 aromatic carbocycles. The van der Waals surface area contributed by atoms with Crippen LogP contribution in [0.4, 0.5) is 5.13 Å². The molecule has 0 aliphatic carbocycles. The lowest BCUT2D eigenvalue weighted by molar-refractivity contribution is 0.0633. The number of anilines is 1. The van der Waals surface area contributed by atoms with Gasteiger partial charge in [0.15, 0.2) is 5.13 Å². The van der Waals surface area contributed by atoms with Gasteiger partial charge in [0.25, 0.3) is 15.9 Å². The Morgan fingerprint density at radius 1 is 1.27 bits per heavy atom. The fourth-order valence-electron chi connectivity index (χ4n) is 3.66. The molecule has 4 rings (SSSR count). The monoisotopic (exact) mass is 482 g/mol. The molecule has 1 unspecified atom stereocenters. The molecule has 0 radical (unpaired) electrons. The topological polar surface area (TPSA) is 112 Å². The summed E-state index contributed by atoms with van der Waals surface area (Å²) < 4.78 is 33.2. The molecule has 2 heterocycles. The van der Waals surface area contributed by atoms with Crippen LogP contribution in [0.25, 0.3) is 0 Å². The molecule has 1 aromatic heterocycles. The molecule has 1 saturated heterocycles. The van der Waals surface area contributed by atoms with E-state index in [-0.39, 0.29) is 21.9 Å². The molecule has 1 atom stereocenters. The van der Waals surface area contributed by atoms with E-state index < -0.39 is 10.0 Å². The highest BCUT2D eigenvalue weighted by Gasteiger charge is 2.25. The number of thiazole rings is 1. The molecule has 0 saturated carbocycles. The fourth-order valence-corrected chi connectivity index (χ4v) is 5.45. The van der Waals surface area contributed by atoms with Gasteiger partial charge < -0.3 is 9.64 Å². The summed E-state index contributed by atoms with van der Waals surface area (Å²) in [6.45, 7) is 1.66. The zero-order chi connectivity index (χ0) is 23.3. The standard InChI is InChI=1S/C23H22N4O4S2/c24-14-17-3-1-5-20(13-17)31-16-18-4-2-11-27(15-18)22(28)19-6-8-21(9-7-19)33(29,30)26-23-25-10-12-32-23/h1,3,5-10,12-13,18H,2,4,11,15-16H2,(H,25,26). The number of likely N-dealkylation sites (tertiary alicyclic amines) is 1. The summed E-state index contributed by atoms with van der Waals surface area (Å²) in [6.07, 6.45) is 3.33. The molecule has 33 heavy (non-hydrogen) atoms. The van der Waals surface area contributed by atoms with E-state index in [1.807, 2.05) is 6.07 Å². The van der Waals surface area contributed by atoms with Crippen molar-refractivity contribution in [3.05, 3.63) is 71.2 Å². The Morgan fingerprint density at radius 3 is 2.82 bits per heavy atom. The van der Waals surface area contributed by atoms with Gasteiger partial charge in [0.1, 0.15) is 5.75 Å². The Kier molecular flexibility index (Phi) is 6.91. The number of carbonyl (C=O) groups excluding carboxylic acids is 1. The molecule has 1 fully saturated rings. The number of nitrogens with zero attached hydrogens (tertiary/aromatic N) is 3. The zero-order valence-electron chi connectivity index (χ0n) is 17.7. The van der Waals surface area contributed by atoms with Crippen LogP contribution in [0.15, 0.2) is 65.0 Å². The first-order chi connectivity index (χ1) is 15.9. The van der Waals surface area contributed by atoms with Crippen molar-refractivity contribution in [1.82, 2.24) is 9.88 Å². The van der Waals surface area contributed by atoms with Crippen molar-refractivity contribution in [2.75, 3.05) is 24.4 Å². The zero-order valence-corrected chi connectivity index (χ0v) is 19.3. The third-order valence-electron chi connectivity index (χ3n) is 5.32. The molecule has 1 amide bonds. The normalized spacial score (nSPS) is 16.1. The van der Waals surface area contributed by atoms with Crippen molar-refractivity contribution >= 4 is 32.4 Å². The van der Waals surface area contributed by atoms with Gasteiger partial charge in [-0.05, 0) is 55.3 Å². The molecule has 1 aliphatic rings. The summed E-state index contributed by atoms with van der Waals surface area (Å²) in [4.78, 5) is 18.8. The van der Waals surface area contributed by atoms with E-state index in [0.29, 0.717) is 36.6 Å². The van der Waals surface area contributed by atoms with Gasteiger partial charge >= 0.3 is 0 Å². The maximum atomic E-state index is 13.0. The second-order valence-electron chi connectivity index (χ2n) is 7.68. The second kappa shape index (κ2) is 10.0. The van der Waals surface area contributed by atoms with Crippen LogP contribution < -0.4 is 9.46 Å². The minimum absolute atomic E-state index is 0.0683. The Bertz CT molecular complexity index is 1250. The van der Waals surface area contributed by atoms with Crippen LogP contribution >= 0.6 is 11.3 Å². The summed E-state index contributed by atoms with van der Waals surface area (Å²) in [5, 5.41) is 11.0. The number of nitrogens with one attached hydrogen (secondary N) is 1. The van der Waals surface area contributed by atoms with E-state index in [1.165, 1.54) is 41.8 Å². The highest BCUT2D eigenvalue weighted by atomic mass is 32.2. The summed E-state index contributed by atoms with van der Waals surface area (Å²) in [7, 11) is -3.76. The third kappa shape index (κ3) is 5.69. The van der Waals surface area contributed by atoms with Gasteiger partial charge in [-0.2, -0.15) is 5.26 Å². The van der Waals surface area contributed by atoms with Crippen LogP contribution in [-0.4, -0.2) is 43.9 Å². The number of carbonyl (C=O) groups is 1. The lowest BCUT2D eigenvalue weighted by atomic mass is 9.98. The van der Waals surface area contributed by atoms with Crippen LogP contribution in [0.3, 0.4) is 0 Å². The van der Waals surface area contributed by atoms with E-state index >= 15 is 0 Å². The number of hydrogen-bond acceptors (Lipinski definition) is 7. The van der Waals surface area contributed by atoms with Crippen LogP contribution in [0.1, 0.15) is 28.8 Å². The number of sulfonamides is 1. The first-order valence-corrected chi connectivity index (χ1v) is 12.8. The smallest absolute Gasteiger partial charge is 0.263 e. The predicted octanol–water partition coefficient (Wildman–Crippen LogP) is 3.75. The Hall–Kier alpha value is -3.42. The second-order valence-corrected chi connectivity index (χ2v) is 10.3. The van der Waals surface area contributed by atoms with E-state index in [9.17, 15) is 13.2 Å². The maximum Gasteiger partial charge on any atom is 0.263 e. The Morgan fingerprint density at radius 2 is 2.09 bits per heavy atom. The molecule has 1 aliphatic heterocycles. The van der Waals surface area contributed by atoms with E-state index in [1.54, 1.807) is 28.5 Å². The lowest BCUT2D eigenvalue weighted by Crippen LogP contribution is -2.41. The summed E-state index contributed by atoms with van der Waals surface area (Å²) in [6, 6.07) is 15.0. The summed E-state index contributed by atoms with van der Waals surface area (Å²) in [5.41, 5.74) is 0.978. The first-order valence-electron chi connectivity index (χ1n) is 10.4. The highest BCUT2D eigenvalue weighted by Crippen LogP contribution is 2.22. The largest absolute Gasteiger partial charge is 0.493 e. The van der Waals surface area contributed by atoms with Gasteiger partial charge in [-0.25, -0.2) is 13.4 Å². The fraction of sp³-hybridized carbons (Fsp3) is 0.261. The lowest BCUT2D eigenvalue weighted by Gasteiger charge is -2.32. The van der Waals surface area contributed by atoms with Crippen LogP contribution in [-0.2, 0) is 10.0 Å². The molecule has 0 bridgehead atoms. The number of rotatable bonds is 7. The summed E-state index contributed by atoms with van der Waals surface area (Å²) >= 11 is 1.19. The van der Waals surface area contributed by atoms with Crippen molar-refractivity contribution in [3.63, 3.8) is 0 Å². The number of piperidine rings is 1. The van der Waals surface area contributed by atoms with Crippen LogP contribution in [0, 0.1) is 17.2 Å². The minimum Gasteiger partial charge on any atom is -0.493 e. The SMILES string of the molecule is N#Cc1cccc(OCC2CCCN(C(=O)c3ccc(S(=O)(=O)Nc4nccs4)cc3)C2)c1. The van der Waals surface area contributed by atoms with Crippen molar-refractivity contribution < 1.29 is 17.9 Å². The summed E-state index contributed by atoms with van der Waals surface area (Å²) in [5.74, 6) is 0.680. The molecular weight excluding hydrogens is 460 g/mol. The third-order valence-corrected chi connectivity index (χ3v) is 7.49. The average Bonchev–Trinajstić information content (AvgIpc) is 3.35. The molecule has 1 N–H and O–H groups in total. The number of amides is 1. The van der Waals surface area contributed by atoms with Gasteiger partial charge in [0, 0.05) is 36.1 Å².